The van der Waals surface area contributed by atoms with E-state index < -0.39 is 6.04 Å². The van der Waals surface area contributed by atoms with Crippen LogP contribution in [0.3, 0.4) is 0 Å². The number of halogens is 1. The predicted molar refractivity (Wildman–Crippen MR) is 113 cm³/mol. The third-order valence-electron chi connectivity index (χ3n) is 4.83. The monoisotopic (exact) mass is 410 g/mol. The zero-order chi connectivity index (χ0) is 19.6. The van der Waals surface area contributed by atoms with Gasteiger partial charge < -0.3 is 21.7 Å². The molecule has 7 nitrogen and oxygen atoms in total. The molecule has 1 saturated carbocycles. The number of nitrogens with one attached hydrogen (secondary N) is 3. The maximum atomic E-state index is 12.5. The standard InChI is InChI=1S/C20H30N4O3.ClH/c1-14(23-18(25)13-15-7-3-2-4-8-15)19(26)24-17-10-6-5-9-16(17)20(27)22-12-11-21;/h5-6,9-10,14-15H,2-4,7-8,11-13,21H2,1H3,(H,22,27)(H,23,25)(H,24,26);1H. The summed E-state index contributed by atoms with van der Waals surface area (Å²) in [6, 6.07) is 6.07. The van der Waals surface area contributed by atoms with Crippen molar-refractivity contribution in [1.82, 2.24) is 10.6 Å². The molecule has 0 bridgehead atoms. The molecule has 1 fully saturated rings. The molecule has 3 amide bonds. The number of hydrogen-bond donors (Lipinski definition) is 4. The minimum Gasteiger partial charge on any atom is -0.351 e. The van der Waals surface area contributed by atoms with Crippen LogP contribution in [0.2, 0.25) is 0 Å². The van der Waals surface area contributed by atoms with Crippen LogP contribution in [0.25, 0.3) is 0 Å². The summed E-state index contributed by atoms with van der Waals surface area (Å²) >= 11 is 0. The minimum absolute atomic E-state index is 0. The Bertz CT molecular complexity index is 663. The van der Waals surface area contributed by atoms with E-state index in [2.05, 4.69) is 16.0 Å². The van der Waals surface area contributed by atoms with Crippen molar-refractivity contribution >= 4 is 35.8 Å². The topological polar surface area (TPSA) is 113 Å². The Morgan fingerprint density at radius 1 is 1.14 bits per heavy atom. The van der Waals surface area contributed by atoms with E-state index in [1.807, 2.05) is 0 Å². The second-order valence-corrected chi connectivity index (χ2v) is 7.08. The lowest BCUT2D eigenvalue weighted by atomic mass is 9.87. The maximum Gasteiger partial charge on any atom is 0.253 e. The number of para-hydroxylation sites is 1. The van der Waals surface area contributed by atoms with Crippen molar-refractivity contribution in [2.24, 2.45) is 11.7 Å². The molecule has 156 valence electrons. The van der Waals surface area contributed by atoms with Gasteiger partial charge in [0, 0.05) is 19.5 Å². The molecular weight excluding hydrogens is 380 g/mol. The molecule has 0 radical (unpaired) electrons. The third-order valence-corrected chi connectivity index (χ3v) is 4.83. The van der Waals surface area contributed by atoms with Crippen LogP contribution >= 0.6 is 12.4 Å². The van der Waals surface area contributed by atoms with Gasteiger partial charge >= 0.3 is 0 Å². The number of anilines is 1. The van der Waals surface area contributed by atoms with Gasteiger partial charge in [-0.3, -0.25) is 14.4 Å². The van der Waals surface area contributed by atoms with E-state index in [0.717, 1.165) is 12.8 Å². The van der Waals surface area contributed by atoms with Crippen LogP contribution in [0.15, 0.2) is 24.3 Å². The number of carbonyl (C=O) groups excluding carboxylic acids is 3. The Balaban J connectivity index is 0.00000392. The van der Waals surface area contributed by atoms with Crippen molar-refractivity contribution in [3.63, 3.8) is 0 Å². The summed E-state index contributed by atoms with van der Waals surface area (Å²) in [5.41, 5.74) is 6.17. The smallest absolute Gasteiger partial charge is 0.253 e. The molecule has 0 aliphatic heterocycles. The van der Waals surface area contributed by atoms with E-state index in [0.29, 0.717) is 36.7 Å². The number of nitrogens with two attached hydrogens (primary N) is 1. The number of benzene rings is 1. The summed E-state index contributed by atoms with van der Waals surface area (Å²) < 4.78 is 0. The Morgan fingerprint density at radius 3 is 2.50 bits per heavy atom. The lowest BCUT2D eigenvalue weighted by molar-refractivity contribution is -0.127. The first-order valence-electron chi connectivity index (χ1n) is 9.68. The largest absolute Gasteiger partial charge is 0.351 e. The molecule has 5 N–H and O–H groups in total. The van der Waals surface area contributed by atoms with Gasteiger partial charge in [0.15, 0.2) is 0 Å². The highest BCUT2D eigenvalue weighted by atomic mass is 35.5. The van der Waals surface area contributed by atoms with Crippen molar-refractivity contribution in [2.45, 2.75) is 51.5 Å². The first-order valence-corrected chi connectivity index (χ1v) is 9.68. The fraction of sp³-hybridized carbons (Fsp3) is 0.550. The third kappa shape index (κ3) is 7.48. The number of rotatable bonds is 8. The maximum absolute atomic E-state index is 12.5. The number of amides is 3. The molecule has 0 heterocycles. The van der Waals surface area contributed by atoms with Crippen molar-refractivity contribution in [3.05, 3.63) is 29.8 Å². The van der Waals surface area contributed by atoms with Gasteiger partial charge in [-0.2, -0.15) is 0 Å². The molecule has 8 heteroatoms. The van der Waals surface area contributed by atoms with Gasteiger partial charge in [0.25, 0.3) is 5.91 Å². The lowest BCUT2D eigenvalue weighted by Gasteiger charge is -2.22. The van der Waals surface area contributed by atoms with E-state index in [9.17, 15) is 14.4 Å². The molecule has 0 aromatic heterocycles. The van der Waals surface area contributed by atoms with Crippen LogP contribution in [0.5, 0.6) is 0 Å². The van der Waals surface area contributed by atoms with Crippen molar-refractivity contribution in [2.75, 3.05) is 18.4 Å². The van der Waals surface area contributed by atoms with Gasteiger partial charge in [-0.05, 0) is 37.8 Å². The molecule has 1 aliphatic rings. The molecule has 28 heavy (non-hydrogen) atoms. The van der Waals surface area contributed by atoms with Crippen LogP contribution in [0.1, 0.15) is 55.8 Å². The second kappa shape index (κ2) is 12.4. The highest BCUT2D eigenvalue weighted by molar-refractivity contribution is 6.05. The normalized spacial score (nSPS) is 15.1. The van der Waals surface area contributed by atoms with Crippen LogP contribution in [-0.4, -0.2) is 36.9 Å². The van der Waals surface area contributed by atoms with Gasteiger partial charge in [0.1, 0.15) is 6.04 Å². The molecule has 1 aliphatic carbocycles. The lowest BCUT2D eigenvalue weighted by Crippen LogP contribution is -2.42. The quantitative estimate of drug-likeness (QED) is 0.526. The predicted octanol–water partition coefficient (Wildman–Crippen LogP) is 2.21. The van der Waals surface area contributed by atoms with E-state index in [-0.39, 0.29) is 30.1 Å². The molecule has 1 aromatic carbocycles. The van der Waals surface area contributed by atoms with Gasteiger partial charge in [0.05, 0.1) is 11.3 Å². The molecule has 1 unspecified atom stereocenters. The Hall–Kier alpha value is -2.12. The molecule has 0 saturated heterocycles. The Kier molecular flexibility index (Phi) is 10.6. The van der Waals surface area contributed by atoms with Crippen LogP contribution in [0.4, 0.5) is 5.69 Å². The first-order chi connectivity index (χ1) is 13.0. The average molecular weight is 411 g/mol. The molecule has 1 aromatic rings. The summed E-state index contributed by atoms with van der Waals surface area (Å²) in [5.74, 6) is -0.337. The fourth-order valence-electron chi connectivity index (χ4n) is 3.33. The highest BCUT2D eigenvalue weighted by Crippen LogP contribution is 2.26. The van der Waals surface area contributed by atoms with Crippen LogP contribution in [-0.2, 0) is 9.59 Å². The fourth-order valence-corrected chi connectivity index (χ4v) is 3.33. The van der Waals surface area contributed by atoms with Gasteiger partial charge in [-0.15, -0.1) is 12.4 Å². The molecule has 0 spiro atoms. The van der Waals surface area contributed by atoms with E-state index in [1.165, 1.54) is 19.3 Å². The van der Waals surface area contributed by atoms with E-state index >= 15 is 0 Å². The summed E-state index contributed by atoms with van der Waals surface area (Å²) in [5, 5.41) is 8.18. The van der Waals surface area contributed by atoms with E-state index in [4.69, 9.17) is 5.73 Å². The number of hydrogen-bond acceptors (Lipinski definition) is 4. The zero-order valence-electron chi connectivity index (χ0n) is 16.3. The number of carbonyl (C=O) groups is 3. The van der Waals surface area contributed by atoms with E-state index in [1.54, 1.807) is 31.2 Å². The van der Waals surface area contributed by atoms with Crippen molar-refractivity contribution in [1.29, 1.82) is 0 Å². The summed E-state index contributed by atoms with van der Waals surface area (Å²) in [7, 11) is 0. The van der Waals surface area contributed by atoms with Crippen LogP contribution < -0.4 is 21.7 Å². The van der Waals surface area contributed by atoms with Crippen molar-refractivity contribution in [3.8, 4) is 0 Å². The molecular formula is C20H31ClN4O3. The second-order valence-electron chi connectivity index (χ2n) is 7.08. The SMILES string of the molecule is CC(NC(=O)CC1CCCCC1)C(=O)Nc1ccccc1C(=O)NCCN.Cl. The summed E-state index contributed by atoms with van der Waals surface area (Å²) in [6.45, 7) is 2.34. The van der Waals surface area contributed by atoms with Crippen LogP contribution in [0, 0.1) is 5.92 Å². The summed E-state index contributed by atoms with van der Waals surface area (Å²) in [4.78, 5) is 36.8. The average Bonchev–Trinajstić information content (AvgIpc) is 2.67. The van der Waals surface area contributed by atoms with Gasteiger partial charge in [-0.25, -0.2) is 0 Å². The summed E-state index contributed by atoms with van der Waals surface area (Å²) in [6.07, 6.45) is 6.23. The first kappa shape index (κ1) is 23.9. The molecule has 2 rings (SSSR count). The zero-order valence-corrected chi connectivity index (χ0v) is 17.1. The Morgan fingerprint density at radius 2 is 1.82 bits per heavy atom. The van der Waals surface area contributed by atoms with Gasteiger partial charge in [-0.1, -0.05) is 31.4 Å². The minimum atomic E-state index is -0.679. The Labute approximate surface area is 172 Å². The molecule has 1 atom stereocenters. The highest BCUT2D eigenvalue weighted by Gasteiger charge is 2.21. The van der Waals surface area contributed by atoms with Gasteiger partial charge in [0.2, 0.25) is 11.8 Å². The van der Waals surface area contributed by atoms with Crippen molar-refractivity contribution < 1.29 is 14.4 Å².